The molecule has 2 fully saturated rings. The van der Waals surface area contributed by atoms with Gasteiger partial charge in [-0.2, -0.15) is 13.2 Å². The van der Waals surface area contributed by atoms with E-state index in [2.05, 4.69) is 32.0 Å². The zero-order valence-electron chi connectivity index (χ0n) is 23.8. The third-order valence-corrected chi connectivity index (χ3v) is 7.99. The average molecular weight is 587 g/mol. The summed E-state index contributed by atoms with van der Waals surface area (Å²) in [5.41, 5.74) is -0.471. The van der Waals surface area contributed by atoms with E-state index < -0.39 is 29.0 Å². The van der Waals surface area contributed by atoms with E-state index in [1.54, 1.807) is 18.3 Å². The number of pyridine rings is 1. The second kappa shape index (κ2) is 11.8. The van der Waals surface area contributed by atoms with E-state index in [1.165, 1.54) is 12.1 Å². The molecule has 0 radical (unpaired) electrons. The molecule has 2 N–H and O–H groups in total. The minimum Gasteiger partial charge on any atom is -0.378 e. The van der Waals surface area contributed by atoms with Crippen LogP contribution in [0.25, 0.3) is 11.1 Å². The molecule has 0 unspecified atom stereocenters. The molecule has 3 aliphatic heterocycles. The number of ether oxygens (including phenoxy) is 1. The molecule has 3 aliphatic rings. The van der Waals surface area contributed by atoms with Crippen LogP contribution in [0.15, 0.2) is 66.2 Å². The van der Waals surface area contributed by atoms with Gasteiger partial charge in [-0.05, 0) is 51.2 Å². The van der Waals surface area contributed by atoms with Gasteiger partial charge in [-0.15, -0.1) is 0 Å². The molecular weight excluding hydrogens is 552 g/mol. The van der Waals surface area contributed by atoms with Crippen molar-refractivity contribution in [3.8, 4) is 11.1 Å². The smallest absolute Gasteiger partial charge is 0.378 e. The molecule has 4 heterocycles. The first-order chi connectivity index (χ1) is 19.9. The van der Waals surface area contributed by atoms with Gasteiger partial charge in [0.05, 0.1) is 35.7 Å². The summed E-state index contributed by atoms with van der Waals surface area (Å²) < 4.78 is 62.6. The molecular formula is C30H34F4N6O2. The van der Waals surface area contributed by atoms with Crippen molar-refractivity contribution in [3.63, 3.8) is 0 Å². The van der Waals surface area contributed by atoms with E-state index in [0.717, 1.165) is 18.1 Å². The number of carbonyl (C=O) groups excluding carboxylic acids is 1. The van der Waals surface area contributed by atoms with Crippen LogP contribution in [-0.2, 0) is 9.53 Å². The Kier molecular flexibility index (Phi) is 8.29. The van der Waals surface area contributed by atoms with Crippen LogP contribution in [0.5, 0.6) is 0 Å². The lowest BCUT2D eigenvalue weighted by atomic mass is 10.0. The predicted octanol–water partition coefficient (Wildman–Crippen LogP) is 4.68. The fraction of sp³-hybridized carbons (Fsp3) is 0.400. The van der Waals surface area contributed by atoms with Crippen LogP contribution >= 0.6 is 0 Å². The van der Waals surface area contributed by atoms with Crippen LogP contribution in [-0.4, -0.2) is 80.5 Å². The number of hydrogen-bond acceptors (Lipinski definition) is 7. The molecule has 42 heavy (non-hydrogen) atoms. The molecule has 8 nitrogen and oxygen atoms in total. The van der Waals surface area contributed by atoms with E-state index in [4.69, 9.17) is 4.74 Å². The highest BCUT2D eigenvalue weighted by Gasteiger charge is 2.40. The van der Waals surface area contributed by atoms with Crippen LogP contribution < -0.4 is 20.4 Å². The number of halogens is 4. The molecule has 1 amide bonds. The van der Waals surface area contributed by atoms with Gasteiger partial charge < -0.3 is 25.2 Å². The van der Waals surface area contributed by atoms with Crippen molar-refractivity contribution in [3.05, 3.63) is 72.0 Å². The number of piperazine rings is 1. The lowest BCUT2D eigenvalue weighted by Gasteiger charge is -2.44. The van der Waals surface area contributed by atoms with E-state index in [1.807, 2.05) is 25.8 Å². The van der Waals surface area contributed by atoms with E-state index in [0.29, 0.717) is 50.6 Å². The number of nitrogens with zero attached hydrogens (tertiary/aromatic N) is 4. The number of likely N-dealkylation sites (N-methyl/N-ethyl adjacent to an activating group) is 1. The monoisotopic (exact) mass is 586 g/mol. The molecule has 0 aliphatic carbocycles. The van der Waals surface area contributed by atoms with Crippen LogP contribution in [0.4, 0.5) is 34.8 Å². The Morgan fingerprint density at radius 2 is 1.81 bits per heavy atom. The summed E-state index contributed by atoms with van der Waals surface area (Å²) in [6, 6.07) is 6.57. The van der Waals surface area contributed by atoms with Crippen molar-refractivity contribution in [2.75, 3.05) is 61.6 Å². The molecule has 0 bridgehead atoms. The number of nitrogens with one attached hydrogen (secondary N) is 2. The Bertz CT molecular complexity index is 1400. The fourth-order valence-corrected chi connectivity index (χ4v) is 5.42. The summed E-state index contributed by atoms with van der Waals surface area (Å²) in [6.07, 6.45) is -1.45. The molecule has 1 aromatic heterocycles. The second-order valence-electron chi connectivity index (χ2n) is 10.9. The Morgan fingerprint density at radius 1 is 1.12 bits per heavy atom. The number of rotatable bonds is 5. The number of dihydropyridines is 1. The summed E-state index contributed by atoms with van der Waals surface area (Å²) in [5.74, 6) is -0.778. The lowest BCUT2D eigenvalue weighted by Crippen LogP contribution is -2.55. The molecule has 5 rings (SSSR count). The molecule has 224 valence electrons. The number of alkyl halides is 3. The quantitative estimate of drug-likeness (QED) is 0.493. The van der Waals surface area contributed by atoms with Gasteiger partial charge in [0.25, 0.3) is 5.91 Å². The van der Waals surface area contributed by atoms with E-state index in [9.17, 15) is 18.0 Å². The Morgan fingerprint density at radius 3 is 2.43 bits per heavy atom. The first kappa shape index (κ1) is 29.6. The first-order valence-corrected chi connectivity index (χ1v) is 13.8. The highest BCUT2D eigenvalue weighted by atomic mass is 19.4. The number of morpholine rings is 1. The third kappa shape index (κ3) is 6.14. The van der Waals surface area contributed by atoms with Crippen molar-refractivity contribution in [2.45, 2.75) is 32.1 Å². The van der Waals surface area contributed by atoms with Gasteiger partial charge in [-0.3, -0.25) is 9.69 Å². The summed E-state index contributed by atoms with van der Waals surface area (Å²) >= 11 is 0. The van der Waals surface area contributed by atoms with Crippen molar-refractivity contribution in [1.82, 2.24) is 15.2 Å². The van der Waals surface area contributed by atoms with Crippen molar-refractivity contribution in [2.24, 2.45) is 0 Å². The van der Waals surface area contributed by atoms with Gasteiger partial charge in [0.15, 0.2) is 0 Å². The normalized spacial score (nSPS) is 21.9. The fourth-order valence-electron chi connectivity index (χ4n) is 5.42. The number of benzene rings is 1. The van der Waals surface area contributed by atoms with Crippen LogP contribution in [0.1, 0.15) is 13.8 Å². The molecule has 2 saturated heterocycles. The molecule has 0 spiro atoms. The maximum Gasteiger partial charge on any atom is 0.417 e. The SMILES string of the molecule is C=C1C=C(C(F)(F)F)C(C(=O)Nc2cc(-c3ccc(N4CCOCC4)nc3)c(F)cc2N2C[C@@H](C)N(C)[C@@H](C)C2)=CN1. The largest absolute Gasteiger partial charge is 0.417 e. The number of anilines is 3. The van der Waals surface area contributed by atoms with Crippen LogP contribution in [0.2, 0.25) is 0 Å². The molecule has 2 atom stereocenters. The number of aromatic nitrogens is 1. The molecule has 12 heteroatoms. The van der Waals surface area contributed by atoms with Gasteiger partial charge in [-0.1, -0.05) is 6.58 Å². The van der Waals surface area contributed by atoms with Crippen LogP contribution in [0.3, 0.4) is 0 Å². The molecule has 2 aromatic rings. The Hall–Kier alpha value is -3.90. The minimum atomic E-state index is -4.78. The van der Waals surface area contributed by atoms with Crippen molar-refractivity contribution >= 4 is 23.1 Å². The Labute approximate surface area is 242 Å². The van der Waals surface area contributed by atoms with E-state index >= 15 is 4.39 Å². The summed E-state index contributed by atoms with van der Waals surface area (Å²) in [6.45, 7) is 11.2. The lowest BCUT2D eigenvalue weighted by molar-refractivity contribution is -0.115. The van der Waals surface area contributed by atoms with Crippen molar-refractivity contribution < 1.29 is 27.1 Å². The maximum absolute atomic E-state index is 15.8. The highest BCUT2D eigenvalue weighted by molar-refractivity contribution is 6.09. The summed E-state index contributed by atoms with van der Waals surface area (Å²) in [7, 11) is 2.01. The number of amides is 1. The maximum atomic E-state index is 15.8. The van der Waals surface area contributed by atoms with Crippen molar-refractivity contribution in [1.29, 1.82) is 0 Å². The molecule has 0 saturated carbocycles. The third-order valence-electron chi connectivity index (χ3n) is 7.99. The Balaban J connectivity index is 1.52. The number of hydrogen-bond donors (Lipinski definition) is 2. The number of carbonyl (C=O) groups is 1. The average Bonchev–Trinajstić information content (AvgIpc) is 2.96. The number of allylic oxidation sites excluding steroid dienone is 1. The summed E-state index contributed by atoms with van der Waals surface area (Å²) in [5, 5.41) is 5.24. The van der Waals surface area contributed by atoms with Gasteiger partial charge in [0, 0.05) is 67.5 Å². The zero-order chi connectivity index (χ0) is 30.2. The van der Waals surface area contributed by atoms with Crippen LogP contribution in [0, 0.1) is 5.82 Å². The molecule has 1 aromatic carbocycles. The van der Waals surface area contributed by atoms with E-state index in [-0.39, 0.29) is 29.0 Å². The zero-order valence-corrected chi connectivity index (χ0v) is 23.8. The van der Waals surface area contributed by atoms with Gasteiger partial charge in [0.1, 0.15) is 11.6 Å². The first-order valence-electron chi connectivity index (χ1n) is 13.8. The van der Waals surface area contributed by atoms with Gasteiger partial charge >= 0.3 is 6.18 Å². The highest BCUT2D eigenvalue weighted by Crippen LogP contribution is 2.38. The van der Waals surface area contributed by atoms with Gasteiger partial charge in [0.2, 0.25) is 0 Å². The van der Waals surface area contributed by atoms with Gasteiger partial charge in [-0.25, -0.2) is 9.37 Å². The standard InChI is InChI=1S/C30H34F4N6O2/c1-18-11-24(30(32,33)34)23(15-35-18)29(41)37-26-12-22(21-5-6-28(36-14-21)39-7-9-42-10-8-39)25(31)13-27(26)40-16-19(2)38(4)20(3)17-40/h5-6,11-15,19-20,35H,1,7-10,16-17H2,2-4H3,(H,37,41)/t19-,20+. The minimum absolute atomic E-state index is 0.0112. The summed E-state index contributed by atoms with van der Waals surface area (Å²) in [4.78, 5) is 24.1. The predicted molar refractivity (Wildman–Crippen MR) is 155 cm³/mol. The topological polar surface area (TPSA) is 73.0 Å². The second-order valence-corrected chi connectivity index (χ2v) is 10.9.